The average molecular weight is 302 g/mol. The van der Waals surface area contributed by atoms with Gasteiger partial charge in [-0.05, 0) is 18.6 Å². The molecule has 0 saturated heterocycles. The summed E-state index contributed by atoms with van der Waals surface area (Å²) in [6.45, 7) is 1.61. The van der Waals surface area contributed by atoms with E-state index >= 15 is 0 Å². The van der Waals surface area contributed by atoms with Gasteiger partial charge in [-0.3, -0.25) is 9.98 Å². The van der Waals surface area contributed by atoms with Crippen LogP contribution in [0.15, 0.2) is 53.7 Å². The van der Waals surface area contributed by atoms with Crippen molar-refractivity contribution >= 4 is 18.2 Å². The highest BCUT2D eigenvalue weighted by atomic mass is 35.5. The lowest BCUT2D eigenvalue weighted by molar-refractivity contribution is -0.0355. The summed E-state index contributed by atoms with van der Waals surface area (Å²) in [5.74, 6) is 0.889. The Morgan fingerprint density at radius 3 is 2.71 bits per heavy atom. The first kappa shape index (κ1) is 14.0. The summed E-state index contributed by atoms with van der Waals surface area (Å²) >= 11 is 0. The molecule has 1 aromatic carbocycles. The second-order valence-electron chi connectivity index (χ2n) is 5.14. The number of pyridine rings is 1. The fourth-order valence-electron chi connectivity index (χ4n) is 3.12. The van der Waals surface area contributed by atoms with Gasteiger partial charge in [0.15, 0.2) is 0 Å². The maximum Gasteiger partial charge on any atom is 0.210 e. The minimum Gasteiger partial charge on any atom is -0.362 e. The van der Waals surface area contributed by atoms with E-state index in [0.29, 0.717) is 5.69 Å². The van der Waals surface area contributed by atoms with E-state index in [4.69, 9.17) is 0 Å². The van der Waals surface area contributed by atoms with Gasteiger partial charge in [-0.25, -0.2) is 0 Å². The van der Waals surface area contributed by atoms with Gasteiger partial charge in [-0.2, -0.15) is 0 Å². The van der Waals surface area contributed by atoms with Gasteiger partial charge in [0.05, 0.1) is 5.69 Å². The molecular weight excluding hydrogens is 286 g/mol. The largest absolute Gasteiger partial charge is 0.362 e. The molecule has 0 saturated carbocycles. The molecule has 21 heavy (non-hydrogen) atoms. The zero-order valence-electron chi connectivity index (χ0n) is 11.4. The highest BCUT2D eigenvalue weighted by molar-refractivity contribution is 6.04. The van der Waals surface area contributed by atoms with E-state index in [2.05, 4.69) is 9.98 Å². The minimum atomic E-state index is -1.20. The van der Waals surface area contributed by atoms with Crippen LogP contribution < -0.4 is 0 Å². The minimum absolute atomic E-state index is 0. The van der Waals surface area contributed by atoms with Crippen LogP contribution in [0, 0.1) is 0 Å². The van der Waals surface area contributed by atoms with Crippen LogP contribution in [0.2, 0.25) is 0 Å². The average Bonchev–Trinajstić information content (AvgIpc) is 2.80. The van der Waals surface area contributed by atoms with E-state index in [0.717, 1.165) is 36.5 Å². The maximum atomic E-state index is 11.4. The molecule has 0 amide bonds. The number of amidine groups is 1. The lowest BCUT2D eigenvalue weighted by Gasteiger charge is -2.36. The number of aromatic nitrogens is 1. The Morgan fingerprint density at radius 1 is 1.10 bits per heavy atom. The summed E-state index contributed by atoms with van der Waals surface area (Å²) in [6, 6.07) is 13.6. The summed E-state index contributed by atoms with van der Waals surface area (Å²) in [6.07, 6.45) is 2.67. The molecule has 108 valence electrons. The van der Waals surface area contributed by atoms with Crippen molar-refractivity contribution < 1.29 is 5.11 Å². The normalized spacial score (nSPS) is 22.9. The fraction of sp³-hybridized carbons (Fsp3) is 0.250. The van der Waals surface area contributed by atoms with E-state index < -0.39 is 5.72 Å². The molecule has 1 unspecified atom stereocenters. The van der Waals surface area contributed by atoms with Crippen LogP contribution in [0.25, 0.3) is 0 Å². The van der Waals surface area contributed by atoms with Crippen molar-refractivity contribution in [2.75, 3.05) is 13.1 Å². The third kappa shape index (κ3) is 1.87. The number of aliphatic imine (C=N–C) groups is 1. The number of aliphatic hydroxyl groups is 1. The zero-order valence-corrected chi connectivity index (χ0v) is 12.3. The van der Waals surface area contributed by atoms with Gasteiger partial charge in [0, 0.05) is 30.4 Å². The molecule has 0 bridgehead atoms. The van der Waals surface area contributed by atoms with Crippen molar-refractivity contribution in [1.29, 1.82) is 0 Å². The van der Waals surface area contributed by atoms with Gasteiger partial charge in [0.2, 0.25) is 5.72 Å². The monoisotopic (exact) mass is 301 g/mol. The quantitative estimate of drug-likeness (QED) is 0.878. The van der Waals surface area contributed by atoms with Crippen molar-refractivity contribution in [3.63, 3.8) is 0 Å². The zero-order chi connectivity index (χ0) is 13.6. The molecular formula is C16H16ClN3O. The van der Waals surface area contributed by atoms with Crippen molar-refractivity contribution in [2.45, 2.75) is 12.1 Å². The number of rotatable bonds is 1. The summed E-state index contributed by atoms with van der Waals surface area (Å²) in [4.78, 5) is 11.0. The number of fused-ring (bicyclic) bond motifs is 3. The van der Waals surface area contributed by atoms with E-state index in [9.17, 15) is 5.11 Å². The predicted molar refractivity (Wildman–Crippen MR) is 83.7 cm³/mol. The molecule has 3 heterocycles. The van der Waals surface area contributed by atoms with Crippen molar-refractivity contribution in [1.82, 2.24) is 9.88 Å². The molecule has 1 atom stereocenters. The smallest absolute Gasteiger partial charge is 0.210 e. The number of benzene rings is 1. The molecule has 0 radical (unpaired) electrons. The maximum absolute atomic E-state index is 11.4. The van der Waals surface area contributed by atoms with Crippen LogP contribution in [0.4, 0.5) is 0 Å². The Labute approximate surface area is 129 Å². The Hall–Kier alpha value is -1.91. The van der Waals surface area contributed by atoms with Crippen LogP contribution in [0.5, 0.6) is 0 Å². The molecule has 0 fully saturated rings. The van der Waals surface area contributed by atoms with Crippen LogP contribution in [-0.4, -0.2) is 33.9 Å². The van der Waals surface area contributed by atoms with Gasteiger partial charge < -0.3 is 10.0 Å². The molecule has 4 rings (SSSR count). The lowest BCUT2D eigenvalue weighted by Crippen LogP contribution is -2.47. The Balaban J connectivity index is 0.00000132. The standard InChI is InChI=1S/C16H15N3O.ClH/c20-16(14-8-3-4-9-17-14)13-7-2-1-6-12(13)15-18-10-5-11-19(15)16;/h1-4,6-9,20H,5,10-11H2;1H. The number of hydrogen-bond acceptors (Lipinski definition) is 4. The number of hydrogen-bond donors (Lipinski definition) is 1. The number of nitrogens with zero attached hydrogens (tertiary/aromatic N) is 3. The highest BCUT2D eigenvalue weighted by Gasteiger charge is 2.49. The molecule has 2 aromatic rings. The van der Waals surface area contributed by atoms with Crippen molar-refractivity contribution in [3.8, 4) is 0 Å². The summed E-state index contributed by atoms with van der Waals surface area (Å²) in [7, 11) is 0. The van der Waals surface area contributed by atoms with Crippen molar-refractivity contribution in [3.05, 3.63) is 65.5 Å². The molecule has 0 aliphatic carbocycles. The Kier molecular flexibility index (Phi) is 3.43. The van der Waals surface area contributed by atoms with Crippen LogP contribution >= 0.6 is 12.4 Å². The van der Waals surface area contributed by atoms with Gasteiger partial charge >= 0.3 is 0 Å². The molecule has 2 aliphatic rings. The van der Waals surface area contributed by atoms with Crippen molar-refractivity contribution in [2.24, 2.45) is 4.99 Å². The van der Waals surface area contributed by atoms with Crippen LogP contribution in [-0.2, 0) is 5.72 Å². The van der Waals surface area contributed by atoms with E-state index in [1.807, 2.05) is 47.4 Å². The molecule has 1 aromatic heterocycles. The first-order chi connectivity index (χ1) is 9.82. The topological polar surface area (TPSA) is 48.7 Å². The van der Waals surface area contributed by atoms with E-state index in [1.54, 1.807) is 6.20 Å². The lowest BCUT2D eigenvalue weighted by atomic mass is 9.97. The summed E-state index contributed by atoms with van der Waals surface area (Å²) in [5, 5.41) is 11.4. The molecule has 2 aliphatic heterocycles. The van der Waals surface area contributed by atoms with Crippen LogP contribution in [0.3, 0.4) is 0 Å². The van der Waals surface area contributed by atoms with E-state index in [1.165, 1.54) is 0 Å². The molecule has 4 nitrogen and oxygen atoms in total. The number of halogens is 1. The third-order valence-electron chi connectivity index (χ3n) is 4.01. The third-order valence-corrected chi connectivity index (χ3v) is 4.01. The summed E-state index contributed by atoms with van der Waals surface area (Å²) in [5.41, 5.74) is 1.34. The van der Waals surface area contributed by atoms with Gasteiger partial charge in [0.1, 0.15) is 5.84 Å². The SMILES string of the molecule is Cl.OC1(c2ccccn2)c2ccccc2C2=NCCCN21. The highest BCUT2D eigenvalue weighted by Crippen LogP contribution is 2.42. The fourth-order valence-corrected chi connectivity index (χ4v) is 3.12. The molecule has 0 spiro atoms. The van der Waals surface area contributed by atoms with Crippen LogP contribution in [0.1, 0.15) is 23.2 Å². The molecule has 1 N–H and O–H groups in total. The molecule has 5 heteroatoms. The van der Waals surface area contributed by atoms with Gasteiger partial charge in [0.25, 0.3) is 0 Å². The van der Waals surface area contributed by atoms with Gasteiger partial charge in [-0.15, -0.1) is 12.4 Å². The Bertz CT molecular complexity index is 689. The second-order valence-corrected chi connectivity index (χ2v) is 5.14. The Morgan fingerprint density at radius 2 is 1.90 bits per heavy atom. The predicted octanol–water partition coefficient (Wildman–Crippen LogP) is 2.16. The first-order valence-electron chi connectivity index (χ1n) is 6.87. The second kappa shape index (κ2) is 5.13. The van der Waals surface area contributed by atoms with E-state index in [-0.39, 0.29) is 12.4 Å². The summed E-state index contributed by atoms with van der Waals surface area (Å²) < 4.78 is 0. The first-order valence-corrected chi connectivity index (χ1v) is 6.87. The van der Waals surface area contributed by atoms with Gasteiger partial charge in [-0.1, -0.05) is 30.3 Å².